The van der Waals surface area contributed by atoms with Gasteiger partial charge in [-0.25, -0.2) is 0 Å². The predicted molar refractivity (Wildman–Crippen MR) is 44.0 cm³/mol. The van der Waals surface area contributed by atoms with E-state index in [0.717, 1.165) is 0 Å². The van der Waals surface area contributed by atoms with Crippen molar-refractivity contribution in [3.63, 3.8) is 0 Å². The second-order valence-corrected chi connectivity index (χ2v) is 3.37. The Morgan fingerprint density at radius 1 is 1.00 bits per heavy atom. The smallest absolute Gasteiger partial charge is 0.328 e. The van der Waals surface area contributed by atoms with E-state index in [-0.39, 0.29) is 0 Å². The predicted octanol–water partition coefficient (Wildman–Crippen LogP) is -4.10. The molecule has 8 nitrogen and oxygen atoms in total. The first-order chi connectivity index (χ1) is 5.92. The van der Waals surface area contributed by atoms with Gasteiger partial charge >= 0.3 is 5.97 Å². The largest absolute Gasteiger partial charge is 0.363 e. The third-order valence-electron chi connectivity index (χ3n) is 1.52. The van der Waals surface area contributed by atoms with Gasteiger partial charge in [0.05, 0.1) is 0 Å². The molecule has 0 aliphatic rings. The van der Waals surface area contributed by atoms with Crippen LogP contribution in [0.5, 0.6) is 0 Å². The van der Waals surface area contributed by atoms with Gasteiger partial charge < -0.3 is 30.6 Å². The molecule has 0 saturated heterocycles. The number of hydrogen-bond acceptors (Lipinski definition) is 8. The Kier molecular flexibility index (Phi) is 3.60. The van der Waals surface area contributed by atoms with Crippen LogP contribution in [0.2, 0.25) is 0 Å². The molecule has 0 spiro atoms. The Morgan fingerprint density at radius 3 is 1.43 bits per heavy atom. The van der Waals surface area contributed by atoms with Crippen LogP contribution in [0.1, 0.15) is 13.8 Å². The zero-order chi connectivity index (χ0) is 11.8. The van der Waals surface area contributed by atoms with E-state index in [1.165, 1.54) is 13.8 Å². The number of hydrogen-bond donors (Lipinski definition) is 8. The van der Waals surface area contributed by atoms with E-state index in [1.54, 1.807) is 0 Å². The van der Waals surface area contributed by atoms with Gasteiger partial charge in [-0.05, 0) is 13.8 Å². The van der Waals surface area contributed by atoms with Gasteiger partial charge in [-0.2, -0.15) is 0 Å². The molecule has 0 aliphatic carbocycles. The molecule has 14 heavy (non-hydrogen) atoms. The van der Waals surface area contributed by atoms with E-state index >= 15 is 0 Å². The zero-order valence-corrected chi connectivity index (χ0v) is 7.84. The molecule has 86 valence electrons. The second kappa shape index (κ2) is 3.68. The molecule has 0 amide bonds. The SMILES string of the molecule is CC(C)NC(O)(C(N)(O)O)C(O)(O)O. The van der Waals surface area contributed by atoms with Crippen molar-refractivity contribution in [3.05, 3.63) is 0 Å². The summed E-state index contributed by atoms with van der Waals surface area (Å²) in [7, 11) is 0. The molecule has 0 heterocycles. The topological polar surface area (TPSA) is 159 Å². The minimum absolute atomic E-state index is 0.604. The van der Waals surface area contributed by atoms with Crippen molar-refractivity contribution in [1.82, 2.24) is 5.32 Å². The van der Waals surface area contributed by atoms with Crippen LogP contribution in [0.15, 0.2) is 0 Å². The summed E-state index contributed by atoms with van der Waals surface area (Å²) in [6.07, 6.45) is 0. The van der Waals surface area contributed by atoms with Gasteiger partial charge in [0.2, 0.25) is 0 Å². The number of nitrogens with one attached hydrogen (secondary N) is 1. The van der Waals surface area contributed by atoms with Crippen LogP contribution in [-0.2, 0) is 0 Å². The highest BCUT2D eigenvalue weighted by Crippen LogP contribution is 2.22. The first kappa shape index (κ1) is 13.7. The van der Waals surface area contributed by atoms with Crippen molar-refractivity contribution >= 4 is 0 Å². The van der Waals surface area contributed by atoms with E-state index in [0.29, 0.717) is 0 Å². The average molecular weight is 212 g/mol. The third-order valence-corrected chi connectivity index (χ3v) is 1.52. The minimum Gasteiger partial charge on any atom is -0.363 e. The van der Waals surface area contributed by atoms with Crippen LogP contribution in [0.25, 0.3) is 0 Å². The van der Waals surface area contributed by atoms with E-state index < -0.39 is 23.7 Å². The monoisotopic (exact) mass is 212 g/mol. The van der Waals surface area contributed by atoms with Crippen molar-refractivity contribution in [3.8, 4) is 0 Å². The summed E-state index contributed by atoms with van der Waals surface area (Å²) < 4.78 is 0. The van der Waals surface area contributed by atoms with Crippen LogP contribution in [-0.4, -0.2) is 54.3 Å². The summed E-state index contributed by atoms with van der Waals surface area (Å²) in [6.45, 7) is 2.89. The van der Waals surface area contributed by atoms with Gasteiger partial charge in [0, 0.05) is 6.04 Å². The lowest BCUT2D eigenvalue weighted by molar-refractivity contribution is -0.458. The number of nitrogens with two attached hydrogens (primary N) is 1. The van der Waals surface area contributed by atoms with Crippen molar-refractivity contribution < 1.29 is 30.6 Å². The normalized spacial score (nSPS) is 18.4. The lowest BCUT2D eigenvalue weighted by Crippen LogP contribution is -2.79. The van der Waals surface area contributed by atoms with Gasteiger partial charge in [0.25, 0.3) is 11.6 Å². The molecule has 0 radical (unpaired) electrons. The highest BCUT2D eigenvalue weighted by atomic mass is 16.7. The summed E-state index contributed by atoms with van der Waals surface area (Å²) >= 11 is 0. The third kappa shape index (κ3) is 2.59. The fourth-order valence-electron chi connectivity index (χ4n) is 0.868. The average Bonchev–Trinajstić information content (AvgIpc) is 1.79. The van der Waals surface area contributed by atoms with Crippen LogP contribution in [0.4, 0.5) is 0 Å². The van der Waals surface area contributed by atoms with Gasteiger partial charge in [0.1, 0.15) is 0 Å². The Labute approximate surface area is 80.2 Å². The van der Waals surface area contributed by atoms with E-state index in [2.05, 4.69) is 5.73 Å². The maximum absolute atomic E-state index is 9.37. The maximum Gasteiger partial charge on any atom is 0.328 e. The lowest BCUT2D eigenvalue weighted by atomic mass is 10.1. The summed E-state index contributed by atoms with van der Waals surface area (Å²) in [5, 5.41) is 55.2. The molecule has 0 rings (SSSR count). The summed E-state index contributed by atoms with van der Waals surface area (Å²) in [4.78, 5) is 0. The molecule has 0 saturated carbocycles. The molecule has 8 heteroatoms. The van der Waals surface area contributed by atoms with E-state index in [4.69, 9.17) is 25.5 Å². The molecule has 1 atom stereocenters. The first-order valence-corrected chi connectivity index (χ1v) is 3.82. The Hall–Kier alpha value is -0.320. The number of rotatable bonds is 4. The second-order valence-electron chi connectivity index (χ2n) is 3.37. The quantitative estimate of drug-likeness (QED) is 0.218. The molecule has 0 aromatic rings. The van der Waals surface area contributed by atoms with Gasteiger partial charge in [0.15, 0.2) is 0 Å². The van der Waals surface area contributed by atoms with Gasteiger partial charge in [-0.1, -0.05) is 0 Å². The molecule has 0 fully saturated rings. The van der Waals surface area contributed by atoms with E-state index in [1.807, 2.05) is 5.32 Å². The van der Waals surface area contributed by atoms with Crippen LogP contribution in [0.3, 0.4) is 0 Å². The van der Waals surface area contributed by atoms with Crippen molar-refractivity contribution in [2.75, 3.05) is 0 Å². The summed E-state index contributed by atoms with van der Waals surface area (Å²) in [5.74, 6) is -7.25. The molecule has 0 aromatic carbocycles. The van der Waals surface area contributed by atoms with Crippen LogP contribution in [0, 0.1) is 0 Å². The Bertz CT molecular complexity index is 179. The maximum atomic E-state index is 9.37. The van der Waals surface area contributed by atoms with Crippen molar-refractivity contribution in [2.45, 2.75) is 37.5 Å². The molecule has 0 aromatic heterocycles. The van der Waals surface area contributed by atoms with Crippen LogP contribution >= 0.6 is 0 Å². The molecular weight excluding hydrogens is 196 g/mol. The molecular formula is C6H16N2O6. The Balaban J connectivity index is 5.07. The van der Waals surface area contributed by atoms with Crippen molar-refractivity contribution in [2.24, 2.45) is 5.73 Å². The highest BCUT2D eigenvalue weighted by Gasteiger charge is 2.61. The lowest BCUT2D eigenvalue weighted by Gasteiger charge is -2.42. The summed E-state index contributed by atoms with van der Waals surface area (Å²) in [6, 6.07) is -0.604. The Morgan fingerprint density at radius 2 is 1.36 bits per heavy atom. The molecule has 0 bridgehead atoms. The van der Waals surface area contributed by atoms with Crippen LogP contribution < -0.4 is 11.1 Å². The number of aliphatic hydroxyl groups is 6. The summed E-state index contributed by atoms with van der Waals surface area (Å²) in [5.41, 5.74) is 1.37. The zero-order valence-electron chi connectivity index (χ0n) is 7.84. The molecule has 1 unspecified atom stereocenters. The highest BCUT2D eigenvalue weighted by molar-refractivity contribution is 4.92. The molecule has 0 aliphatic heterocycles. The standard InChI is InChI=1S/C6H16N2O6/c1-3(2)8-4(9,5(7,10)11)6(12,13)14/h3,8-14H,7H2,1-2H3. The first-order valence-electron chi connectivity index (χ1n) is 3.82. The van der Waals surface area contributed by atoms with Crippen molar-refractivity contribution in [1.29, 1.82) is 0 Å². The minimum atomic E-state index is -3.81. The fourth-order valence-corrected chi connectivity index (χ4v) is 0.868. The molecule has 9 N–H and O–H groups in total. The van der Waals surface area contributed by atoms with Gasteiger partial charge in [-0.3, -0.25) is 11.1 Å². The van der Waals surface area contributed by atoms with Gasteiger partial charge in [-0.15, -0.1) is 0 Å². The fraction of sp³-hybridized carbons (Fsp3) is 1.00. The van der Waals surface area contributed by atoms with E-state index in [9.17, 15) is 5.11 Å².